The Morgan fingerprint density at radius 1 is 1.44 bits per heavy atom. The van der Waals surface area contributed by atoms with E-state index in [1.54, 1.807) is 0 Å². The third kappa shape index (κ3) is 2.65. The van der Waals surface area contributed by atoms with E-state index >= 15 is 0 Å². The summed E-state index contributed by atoms with van der Waals surface area (Å²) in [6.07, 6.45) is 4.29. The van der Waals surface area contributed by atoms with Crippen LogP contribution in [0.3, 0.4) is 0 Å². The molecular formula is C15H20N2O. The molecule has 1 atom stereocenters. The second-order valence-corrected chi connectivity index (χ2v) is 4.99. The van der Waals surface area contributed by atoms with E-state index in [1.807, 2.05) is 19.1 Å². The number of aryl methyl sites for hydroxylation is 1. The van der Waals surface area contributed by atoms with Crippen LogP contribution >= 0.6 is 0 Å². The highest BCUT2D eigenvalue weighted by molar-refractivity contribution is 5.61. The van der Waals surface area contributed by atoms with Crippen molar-refractivity contribution in [2.24, 2.45) is 0 Å². The first-order valence-electron chi connectivity index (χ1n) is 6.64. The summed E-state index contributed by atoms with van der Waals surface area (Å²) in [4.78, 5) is 2.30. The van der Waals surface area contributed by atoms with Crippen LogP contribution in [0.5, 0.6) is 0 Å². The molecule has 18 heavy (non-hydrogen) atoms. The zero-order valence-electron chi connectivity index (χ0n) is 10.9. The molecule has 0 radical (unpaired) electrons. The number of benzene rings is 1. The van der Waals surface area contributed by atoms with Gasteiger partial charge in [-0.05, 0) is 50.3 Å². The van der Waals surface area contributed by atoms with Gasteiger partial charge in [0.15, 0.2) is 0 Å². The van der Waals surface area contributed by atoms with Gasteiger partial charge in [0, 0.05) is 19.2 Å². The lowest BCUT2D eigenvalue weighted by Gasteiger charge is -2.38. The van der Waals surface area contributed by atoms with Crippen LogP contribution in [0.1, 0.15) is 36.8 Å². The predicted molar refractivity (Wildman–Crippen MR) is 72.6 cm³/mol. The van der Waals surface area contributed by atoms with Crippen LogP contribution < -0.4 is 4.90 Å². The van der Waals surface area contributed by atoms with Crippen molar-refractivity contribution in [3.63, 3.8) is 0 Å². The average Bonchev–Trinajstić information content (AvgIpc) is 2.40. The molecule has 1 aromatic rings. The maximum absolute atomic E-state index is 9.26. The Morgan fingerprint density at radius 2 is 2.28 bits per heavy atom. The molecule has 1 fully saturated rings. The normalized spacial score (nSPS) is 19.6. The van der Waals surface area contributed by atoms with Gasteiger partial charge in [-0.2, -0.15) is 5.26 Å². The highest BCUT2D eigenvalue weighted by Crippen LogP contribution is 2.29. The van der Waals surface area contributed by atoms with E-state index in [9.17, 15) is 5.26 Å². The van der Waals surface area contributed by atoms with Crippen LogP contribution in [0, 0.1) is 18.3 Å². The number of nitriles is 1. The first-order valence-corrected chi connectivity index (χ1v) is 6.64. The van der Waals surface area contributed by atoms with Gasteiger partial charge < -0.3 is 10.0 Å². The van der Waals surface area contributed by atoms with E-state index in [4.69, 9.17) is 5.11 Å². The Balaban J connectivity index is 2.30. The molecule has 1 aliphatic rings. The van der Waals surface area contributed by atoms with Crippen molar-refractivity contribution in [1.29, 1.82) is 5.26 Å². The molecule has 1 unspecified atom stereocenters. The molecule has 0 saturated carbocycles. The molecule has 1 aliphatic heterocycles. The topological polar surface area (TPSA) is 47.3 Å². The summed E-state index contributed by atoms with van der Waals surface area (Å²) in [7, 11) is 0. The molecule has 0 spiro atoms. The van der Waals surface area contributed by atoms with Gasteiger partial charge >= 0.3 is 0 Å². The Morgan fingerprint density at radius 3 is 3.00 bits per heavy atom. The first kappa shape index (κ1) is 12.9. The molecule has 0 amide bonds. The number of piperidine rings is 1. The minimum Gasteiger partial charge on any atom is -0.396 e. The van der Waals surface area contributed by atoms with Gasteiger partial charge in [-0.25, -0.2) is 0 Å². The largest absolute Gasteiger partial charge is 0.396 e. The maximum atomic E-state index is 9.26. The highest BCUT2D eigenvalue weighted by Gasteiger charge is 2.23. The number of hydrogen-bond acceptors (Lipinski definition) is 3. The van der Waals surface area contributed by atoms with Gasteiger partial charge in [-0.1, -0.05) is 6.07 Å². The summed E-state index contributed by atoms with van der Waals surface area (Å²) in [6.45, 7) is 3.21. The fourth-order valence-corrected chi connectivity index (χ4v) is 2.76. The second kappa shape index (κ2) is 5.88. The summed E-state index contributed by atoms with van der Waals surface area (Å²) < 4.78 is 0. The lowest BCUT2D eigenvalue weighted by atomic mass is 9.97. The molecule has 0 aliphatic carbocycles. The average molecular weight is 244 g/mol. The number of hydrogen-bond donors (Lipinski definition) is 1. The van der Waals surface area contributed by atoms with Gasteiger partial charge in [0.1, 0.15) is 6.07 Å². The molecule has 3 heteroatoms. The number of aliphatic hydroxyl groups excluding tert-OH is 1. The van der Waals surface area contributed by atoms with Crippen molar-refractivity contribution >= 4 is 5.69 Å². The number of rotatable bonds is 3. The maximum Gasteiger partial charge on any atom is 0.101 e. The minimum absolute atomic E-state index is 0.217. The Kier molecular flexibility index (Phi) is 4.22. The van der Waals surface area contributed by atoms with E-state index in [0.29, 0.717) is 6.04 Å². The standard InChI is InChI=1S/C15H20N2O/c1-12-5-6-15(13(10-12)11-16)17-8-3-2-4-14(17)7-9-18/h5-6,10,14,18H,2-4,7-9H2,1H3. The lowest BCUT2D eigenvalue weighted by molar-refractivity contribution is 0.262. The van der Waals surface area contributed by atoms with Crippen LogP contribution in [-0.4, -0.2) is 24.3 Å². The van der Waals surface area contributed by atoms with Crippen molar-refractivity contribution < 1.29 is 5.11 Å². The molecule has 2 rings (SSSR count). The molecule has 96 valence electrons. The van der Waals surface area contributed by atoms with Gasteiger partial charge in [0.25, 0.3) is 0 Å². The zero-order valence-corrected chi connectivity index (χ0v) is 10.9. The van der Waals surface area contributed by atoms with E-state index in [2.05, 4.69) is 17.0 Å². The van der Waals surface area contributed by atoms with Crippen LogP contribution in [0.4, 0.5) is 5.69 Å². The molecule has 1 aromatic carbocycles. The molecule has 1 heterocycles. The smallest absolute Gasteiger partial charge is 0.101 e. The van der Waals surface area contributed by atoms with Gasteiger partial charge in [0.2, 0.25) is 0 Å². The van der Waals surface area contributed by atoms with Crippen molar-refractivity contribution in [2.75, 3.05) is 18.1 Å². The van der Waals surface area contributed by atoms with Crippen molar-refractivity contribution in [2.45, 2.75) is 38.6 Å². The van der Waals surface area contributed by atoms with E-state index in [-0.39, 0.29) is 6.61 Å². The Bertz CT molecular complexity index is 448. The summed E-state index contributed by atoms with van der Waals surface area (Å²) >= 11 is 0. The summed E-state index contributed by atoms with van der Waals surface area (Å²) in [6, 6.07) is 8.71. The number of anilines is 1. The number of nitrogens with zero attached hydrogens (tertiary/aromatic N) is 2. The molecule has 0 aromatic heterocycles. The molecular weight excluding hydrogens is 224 g/mol. The SMILES string of the molecule is Cc1ccc(N2CCCCC2CCO)c(C#N)c1. The highest BCUT2D eigenvalue weighted by atomic mass is 16.3. The molecule has 1 N–H and O–H groups in total. The van der Waals surface area contributed by atoms with Crippen LogP contribution in [0.15, 0.2) is 18.2 Å². The zero-order chi connectivity index (χ0) is 13.0. The quantitative estimate of drug-likeness (QED) is 0.889. The molecule has 3 nitrogen and oxygen atoms in total. The van der Waals surface area contributed by atoms with Gasteiger partial charge in [0.05, 0.1) is 11.3 Å². The number of aliphatic hydroxyl groups is 1. The van der Waals surface area contributed by atoms with E-state index < -0.39 is 0 Å². The summed E-state index contributed by atoms with van der Waals surface area (Å²) in [5, 5.41) is 18.4. The predicted octanol–water partition coefficient (Wildman–Crippen LogP) is 2.61. The van der Waals surface area contributed by atoms with Crippen LogP contribution in [0.2, 0.25) is 0 Å². The van der Waals surface area contributed by atoms with Crippen LogP contribution in [-0.2, 0) is 0 Å². The van der Waals surface area contributed by atoms with E-state index in [0.717, 1.165) is 36.2 Å². The molecule has 1 saturated heterocycles. The van der Waals surface area contributed by atoms with Gasteiger partial charge in [-0.15, -0.1) is 0 Å². The second-order valence-electron chi connectivity index (χ2n) is 4.99. The molecule has 0 bridgehead atoms. The van der Waals surface area contributed by atoms with Crippen molar-refractivity contribution in [3.05, 3.63) is 29.3 Å². The third-order valence-electron chi connectivity index (χ3n) is 3.67. The van der Waals surface area contributed by atoms with Crippen molar-refractivity contribution in [3.8, 4) is 6.07 Å². The fourth-order valence-electron chi connectivity index (χ4n) is 2.76. The van der Waals surface area contributed by atoms with E-state index in [1.165, 1.54) is 12.8 Å². The summed E-state index contributed by atoms with van der Waals surface area (Å²) in [5.41, 5.74) is 2.90. The first-order chi connectivity index (χ1) is 8.76. The van der Waals surface area contributed by atoms with Crippen LogP contribution in [0.25, 0.3) is 0 Å². The van der Waals surface area contributed by atoms with Crippen molar-refractivity contribution in [1.82, 2.24) is 0 Å². The lowest BCUT2D eigenvalue weighted by Crippen LogP contribution is -2.40. The fraction of sp³-hybridized carbons (Fsp3) is 0.533. The minimum atomic E-state index is 0.217. The third-order valence-corrected chi connectivity index (χ3v) is 3.67. The van der Waals surface area contributed by atoms with Gasteiger partial charge in [-0.3, -0.25) is 0 Å². The summed E-state index contributed by atoms with van der Waals surface area (Å²) in [5.74, 6) is 0. The monoisotopic (exact) mass is 244 g/mol. The Labute approximate surface area is 109 Å². The Hall–Kier alpha value is -1.53.